The number of oxazole rings is 1. The number of nitrogens with one attached hydrogen (secondary N) is 1. The Bertz CT molecular complexity index is 615. The number of carbonyl (C=O) groups excluding carboxylic acids is 1. The molecule has 1 aliphatic rings. The van der Waals surface area contributed by atoms with Crippen LogP contribution in [0.5, 0.6) is 0 Å². The van der Waals surface area contributed by atoms with Crippen molar-refractivity contribution in [3.05, 3.63) is 17.3 Å². The molecule has 0 atom stereocenters. The van der Waals surface area contributed by atoms with Crippen LogP contribution in [0.15, 0.2) is 4.42 Å². The fraction of sp³-hybridized carbons (Fsp3) is 0.692. The van der Waals surface area contributed by atoms with Gasteiger partial charge in [-0.25, -0.2) is 17.7 Å². The maximum Gasteiger partial charge on any atom is 0.223 e. The molecule has 0 aliphatic carbocycles. The fourth-order valence-electron chi connectivity index (χ4n) is 2.50. The third-order valence-electron chi connectivity index (χ3n) is 3.72. The maximum atomic E-state index is 12.1. The number of sulfonamides is 1. The van der Waals surface area contributed by atoms with Crippen molar-refractivity contribution in [1.82, 2.24) is 14.6 Å². The largest absolute Gasteiger partial charge is 0.444 e. The van der Waals surface area contributed by atoms with Crippen LogP contribution in [0.3, 0.4) is 0 Å². The summed E-state index contributed by atoms with van der Waals surface area (Å²) >= 11 is 0. The van der Waals surface area contributed by atoms with Gasteiger partial charge in [0, 0.05) is 25.9 Å². The number of hydrogen-bond acceptors (Lipinski definition) is 5. The van der Waals surface area contributed by atoms with Gasteiger partial charge in [0.2, 0.25) is 15.9 Å². The third-order valence-corrected chi connectivity index (χ3v) is 5.02. The molecular formula is C13H21N3O4S. The molecule has 21 heavy (non-hydrogen) atoms. The summed E-state index contributed by atoms with van der Waals surface area (Å²) in [6, 6.07) is 0. The van der Waals surface area contributed by atoms with Gasteiger partial charge >= 0.3 is 0 Å². The van der Waals surface area contributed by atoms with Crippen molar-refractivity contribution in [3.63, 3.8) is 0 Å². The van der Waals surface area contributed by atoms with E-state index in [1.807, 2.05) is 6.92 Å². The van der Waals surface area contributed by atoms with Crippen molar-refractivity contribution in [2.24, 2.45) is 5.92 Å². The zero-order valence-electron chi connectivity index (χ0n) is 12.5. The first-order valence-corrected chi connectivity index (χ1v) is 8.78. The van der Waals surface area contributed by atoms with Crippen molar-refractivity contribution in [1.29, 1.82) is 0 Å². The molecule has 0 spiro atoms. The lowest BCUT2D eigenvalue weighted by molar-refractivity contribution is -0.126. The summed E-state index contributed by atoms with van der Waals surface area (Å²) in [5, 5.41) is 2.84. The molecular weight excluding hydrogens is 294 g/mol. The van der Waals surface area contributed by atoms with Crippen molar-refractivity contribution in [2.75, 3.05) is 19.3 Å². The van der Waals surface area contributed by atoms with Gasteiger partial charge in [-0.05, 0) is 19.8 Å². The quantitative estimate of drug-likeness (QED) is 0.877. The zero-order valence-corrected chi connectivity index (χ0v) is 13.4. The smallest absolute Gasteiger partial charge is 0.223 e. The van der Waals surface area contributed by atoms with Crippen LogP contribution < -0.4 is 5.32 Å². The molecule has 2 heterocycles. The molecule has 0 saturated carbocycles. The molecule has 0 unspecified atom stereocenters. The molecule has 1 N–H and O–H groups in total. The Morgan fingerprint density at radius 2 is 2.00 bits per heavy atom. The van der Waals surface area contributed by atoms with Crippen LogP contribution in [0, 0.1) is 19.8 Å². The van der Waals surface area contributed by atoms with Crippen LogP contribution >= 0.6 is 0 Å². The van der Waals surface area contributed by atoms with Gasteiger partial charge in [-0.2, -0.15) is 0 Å². The average Bonchev–Trinajstić information content (AvgIpc) is 2.73. The Balaban J connectivity index is 1.84. The zero-order chi connectivity index (χ0) is 15.6. The molecule has 1 aromatic rings. The molecule has 1 amide bonds. The van der Waals surface area contributed by atoms with Crippen molar-refractivity contribution in [2.45, 2.75) is 33.2 Å². The average molecular weight is 315 g/mol. The van der Waals surface area contributed by atoms with E-state index in [4.69, 9.17) is 4.42 Å². The molecule has 8 heteroatoms. The van der Waals surface area contributed by atoms with Crippen molar-refractivity contribution in [3.8, 4) is 0 Å². The van der Waals surface area contributed by atoms with Gasteiger partial charge in [-0.1, -0.05) is 0 Å². The first-order chi connectivity index (χ1) is 9.77. The molecule has 0 radical (unpaired) electrons. The summed E-state index contributed by atoms with van der Waals surface area (Å²) in [7, 11) is -3.15. The second-order valence-electron chi connectivity index (χ2n) is 5.40. The van der Waals surface area contributed by atoms with Crippen LogP contribution in [0.2, 0.25) is 0 Å². The first-order valence-electron chi connectivity index (χ1n) is 6.93. The van der Waals surface area contributed by atoms with E-state index < -0.39 is 10.0 Å². The van der Waals surface area contributed by atoms with Crippen molar-refractivity contribution >= 4 is 15.9 Å². The number of nitrogens with zero attached hydrogens (tertiary/aromatic N) is 2. The van der Waals surface area contributed by atoms with Crippen LogP contribution in [0.4, 0.5) is 0 Å². The third kappa shape index (κ3) is 4.04. The summed E-state index contributed by atoms with van der Waals surface area (Å²) in [5.74, 6) is 1.04. The second-order valence-corrected chi connectivity index (χ2v) is 7.38. The highest BCUT2D eigenvalue weighted by molar-refractivity contribution is 7.88. The number of carbonyl (C=O) groups is 1. The Labute approximate surface area is 124 Å². The van der Waals surface area contributed by atoms with Crippen LogP contribution in [-0.2, 0) is 21.4 Å². The SMILES string of the molecule is Cc1nc(C)c(CNC(=O)C2CCN(S(C)(=O)=O)CC2)o1. The summed E-state index contributed by atoms with van der Waals surface area (Å²) in [6.07, 6.45) is 2.29. The number of aromatic nitrogens is 1. The van der Waals surface area contributed by atoms with E-state index in [2.05, 4.69) is 10.3 Å². The molecule has 1 aromatic heterocycles. The molecule has 0 bridgehead atoms. The summed E-state index contributed by atoms with van der Waals surface area (Å²) in [6.45, 7) is 4.72. The van der Waals surface area contributed by atoms with E-state index in [1.165, 1.54) is 10.6 Å². The highest BCUT2D eigenvalue weighted by atomic mass is 32.2. The topological polar surface area (TPSA) is 92.5 Å². The Hall–Kier alpha value is -1.41. The van der Waals surface area contributed by atoms with Gasteiger partial charge in [0.25, 0.3) is 0 Å². The maximum absolute atomic E-state index is 12.1. The predicted octanol–water partition coefficient (Wildman–Crippen LogP) is 0.579. The van der Waals surface area contributed by atoms with Crippen LogP contribution in [0.25, 0.3) is 0 Å². The summed E-state index contributed by atoms with van der Waals surface area (Å²) in [5.41, 5.74) is 0.777. The minimum Gasteiger partial charge on any atom is -0.444 e. The van der Waals surface area contributed by atoms with Crippen LogP contribution in [0.1, 0.15) is 30.2 Å². The van der Waals surface area contributed by atoms with Gasteiger partial charge < -0.3 is 9.73 Å². The van der Waals surface area contributed by atoms with Crippen molar-refractivity contribution < 1.29 is 17.6 Å². The number of hydrogen-bond donors (Lipinski definition) is 1. The molecule has 2 rings (SSSR count). The fourth-order valence-corrected chi connectivity index (χ4v) is 3.37. The summed E-state index contributed by atoms with van der Waals surface area (Å²) in [4.78, 5) is 16.3. The normalized spacial score (nSPS) is 17.9. The van der Waals surface area contributed by atoms with Gasteiger partial charge in [0.1, 0.15) is 5.76 Å². The van der Waals surface area contributed by atoms with Gasteiger partial charge in [-0.3, -0.25) is 4.79 Å². The van der Waals surface area contributed by atoms with E-state index in [0.717, 1.165) is 5.69 Å². The predicted molar refractivity (Wildman–Crippen MR) is 77.0 cm³/mol. The van der Waals surface area contributed by atoms with Crippen LogP contribution in [-0.4, -0.2) is 43.0 Å². The van der Waals surface area contributed by atoms with Gasteiger partial charge in [0.05, 0.1) is 18.5 Å². The minimum absolute atomic E-state index is 0.0587. The van der Waals surface area contributed by atoms with E-state index in [1.54, 1.807) is 6.92 Å². The molecule has 1 fully saturated rings. The highest BCUT2D eigenvalue weighted by Crippen LogP contribution is 2.19. The van der Waals surface area contributed by atoms with E-state index in [0.29, 0.717) is 44.1 Å². The van der Waals surface area contributed by atoms with E-state index in [9.17, 15) is 13.2 Å². The lowest BCUT2D eigenvalue weighted by Crippen LogP contribution is -2.42. The minimum atomic E-state index is -3.15. The molecule has 1 aliphatic heterocycles. The second kappa shape index (κ2) is 6.15. The van der Waals surface area contributed by atoms with E-state index in [-0.39, 0.29) is 11.8 Å². The molecule has 1 saturated heterocycles. The Morgan fingerprint density at radius 3 is 2.48 bits per heavy atom. The monoisotopic (exact) mass is 315 g/mol. The summed E-state index contributed by atoms with van der Waals surface area (Å²) < 4.78 is 29.7. The molecule has 118 valence electrons. The van der Waals surface area contributed by atoms with Gasteiger partial charge in [0.15, 0.2) is 5.89 Å². The molecule has 7 nitrogen and oxygen atoms in total. The molecule has 0 aromatic carbocycles. The number of aryl methyl sites for hydroxylation is 2. The first kappa shape index (κ1) is 16.0. The Kier molecular flexibility index (Phi) is 4.67. The number of piperidine rings is 1. The lowest BCUT2D eigenvalue weighted by atomic mass is 9.97. The number of rotatable bonds is 4. The van der Waals surface area contributed by atoms with E-state index >= 15 is 0 Å². The highest BCUT2D eigenvalue weighted by Gasteiger charge is 2.28. The Morgan fingerprint density at radius 1 is 1.38 bits per heavy atom. The standard InChI is InChI=1S/C13H21N3O4S/c1-9-12(20-10(2)15-9)8-14-13(17)11-4-6-16(7-5-11)21(3,18)19/h11H,4-8H2,1-3H3,(H,14,17). The number of amides is 1. The van der Waals surface area contributed by atoms with Gasteiger partial charge in [-0.15, -0.1) is 0 Å². The lowest BCUT2D eigenvalue weighted by Gasteiger charge is -2.29.